The largest absolute Gasteiger partial charge is 0.435 e. The fourth-order valence-electron chi connectivity index (χ4n) is 3.95. The van der Waals surface area contributed by atoms with Crippen molar-refractivity contribution in [2.24, 2.45) is 0 Å². The molecule has 3 aromatic rings. The number of ether oxygens (including phenoxy) is 1. The van der Waals surface area contributed by atoms with Gasteiger partial charge in [0.15, 0.2) is 0 Å². The van der Waals surface area contributed by atoms with Gasteiger partial charge in [0.05, 0.1) is 16.3 Å². The Morgan fingerprint density at radius 1 is 1.09 bits per heavy atom. The Labute approximate surface area is 191 Å². The van der Waals surface area contributed by atoms with Crippen LogP contribution in [-0.4, -0.2) is 31.4 Å². The molecule has 174 valence electrons. The molecule has 0 bridgehead atoms. The van der Waals surface area contributed by atoms with Crippen molar-refractivity contribution < 1.29 is 21.9 Å². The van der Waals surface area contributed by atoms with Crippen molar-refractivity contribution in [3.8, 4) is 11.4 Å². The minimum atomic E-state index is -3.63. The van der Waals surface area contributed by atoms with Crippen LogP contribution in [0.15, 0.2) is 53.4 Å². The summed E-state index contributed by atoms with van der Waals surface area (Å²) in [6.07, 6.45) is 2.89. The van der Waals surface area contributed by atoms with E-state index in [1.807, 2.05) is 48.9 Å². The van der Waals surface area contributed by atoms with Crippen LogP contribution in [0.1, 0.15) is 34.5 Å². The van der Waals surface area contributed by atoms with Crippen molar-refractivity contribution >= 4 is 16.1 Å². The van der Waals surface area contributed by atoms with Crippen molar-refractivity contribution in [2.75, 3.05) is 6.54 Å². The second-order valence-corrected chi connectivity index (χ2v) is 9.82. The van der Waals surface area contributed by atoms with Crippen LogP contribution in [0.4, 0.5) is 8.78 Å². The maximum atomic E-state index is 12.8. The summed E-state index contributed by atoms with van der Waals surface area (Å²) in [5.41, 5.74) is 5.45. The second-order valence-electron chi connectivity index (χ2n) is 8.00. The van der Waals surface area contributed by atoms with E-state index >= 15 is 0 Å². The lowest BCUT2D eigenvalue weighted by atomic mass is 9.97. The van der Waals surface area contributed by atoms with Crippen LogP contribution in [0, 0.1) is 13.8 Å². The summed E-state index contributed by atoms with van der Waals surface area (Å²) >= 11 is 0. The molecule has 0 spiro atoms. The zero-order chi connectivity index (χ0) is 23.6. The molecular formula is C24H25F2N3O3S. The highest BCUT2D eigenvalue weighted by molar-refractivity contribution is 7.93. The average Bonchev–Trinajstić information content (AvgIpc) is 3.11. The highest BCUT2D eigenvalue weighted by atomic mass is 32.2. The molecule has 0 atom stereocenters. The van der Waals surface area contributed by atoms with Gasteiger partial charge in [-0.3, -0.25) is 0 Å². The van der Waals surface area contributed by atoms with Gasteiger partial charge < -0.3 is 4.74 Å². The summed E-state index contributed by atoms with van der Waals surface area (Å²) in [7, 11) is -3.63. The van der Waals surface area contributed by atoms with Gasteiger partial charge in [-0.1, -0.05) is 18.2 Å². The van der Waals surface area contributed by atoms with Crippen LogP contribution < -0.4 is 9.46 Å². The number of fused-ring (bicyclic) bond motifs is 1. The van der Waals surface area contributed by atoms with Gasteiger partial charge in [0, 0.05) is 12.2 Å². The Hall–Kier alpha value is -3.04. The molecule has 6 nitrogen and oxygen atoms in total. The van der Waals surface area contributed by atoms with Crippen molar-refractivity contribution in [1.82, 2.24) is 14.5 Å². The number of aryl methyl sites for hydroxylation is 3. The molecule has 1 N–H and O–H groups in total. The average molecular weight is 474 g/mol. The molecule has 0 amide bonds. The second kappa shape index (κ2) is 9.44. The van der Waals surface area contributed by atoms with Gasteiger partial charge in [-0.15, -0.1) is 0 Å². The number of aromatic nitrogens is 2. The Morgan fingerprint density at radius 2 is 1.85 bits per heavy atom. The molecule has 0 unspecified atom stereocenters. The van der Waals surface area contributed by atoms with Gasteiger partial charge in [0.2, 0.25) is 10.0 Å². The van der Waals surface area contributed by atoms with Crippen LogP contribution in [0.2, 0.25) is 0 Å². The van der Waals surface area contributed by atoms with E-state index in [0.717, 1.165) is 28.2 Å². The van der Waals surface area contributed by atoms with E-state index in [4.69, 9.17) is 0 Å². The molecular weight excluding hydrogens is 448 g/mol. The van der Waals surface area contributed by atoms with E-state index in [9.17, 15) is 17.2 Å². The normalized spacial score (nSPS) is 13.7. The standard InChI is InChI=1S/C24H25F2N3O3S/c1-16-13-17(2)29(28-16)21-7-3-18(4-8-21)11-12-27-33(30,31)23-10-6-19-14-22(32-24(25)26)9-5-20(19)15-23/h3-5,7-9,13-15,24,27H,6,10-12H2,1-2H3. The molecule has 1 aliphatic rings. The molecule has 1 aromatic heterocycles. The molecule has 2 aromatic carbocycles. The van der Waals surface area contributed by atoms with Gasteiger partial charge in [-0.25, -0.2) is 17.8 Å². The van der Waals surface area contributed by atoms with Gasteiger partial charge >= 0.3 is 6.61 Å². The summed E-state index contributed by atoms with van der Waals surface area (Å²) < 4.78 is 59.3. The summed E-state index contributed by atoms with van der Waals surface area (Å²) in [6.45, 7) is 1.32. The maximum Gasteiger partial charge on any atom is 0.387 e. The first kappa shape index (κ1) is 23.1. The Morgan fingerprint density at radius 3 is 2.52 bits per heavy atom. The fourth-order valence-corrected chi connectivity index (χ4v) is 5.16. The Bertz CT molecular complexity index is 1280. The number of hydrogen-bond acceptors (Lipinski definition) is 4. The van der Waals surface area contributed by atoms with Crippen molar-refractivity contribution in [3.63, 3.8) is 0 Å². The zero-order valence-corrected chi connectivity index (χ0v) is 19.2. The summed E-state index contributed by atoms with van der Waals surface area (Å²) in [5, 5.41) is 4.47. The summed E-state index contributed by atoms with van der Waals surface area (Å²) in [5.74, 6) is 0.0745. The fraction of sp³-hybridized carbons (Fsp3) is 0.292. The molecule has 33 heavy (non-hydrogen) atoms. The van der Waals surface area contributed by atoms with Gasteiger partial charge in [-0.2, -0.15) is 13.9 Å². The van der Waals surface area contributed by atoms with E-state index < -0.39 is 16.6 Å². The third-order valence-electron chi connectivity index (χ3n) is 5.54. The molecule has 0 saturated carbocycles. The summed E-state index contributed by atoms with van der Waals surface area (Å²) in [6, 6.07) is 14.4. The lowest BCUT2D eigenvalue weighted by molar-refractivity contribution is -0.0498. The third-order valence-corrected chi connectivity index (χ3v) is 7.13. The van der Waals surface area contributed by atoms with E-state index in [1.165, 1.54) is 12.1 Å². The molecule has 1 aliphatic carbocycles. The van der Waals surface area contributed by atoms with Crippen LogP contribution in [0.25, 0.3) is 11.8 Å². The first-order valence-corrected chi connectivity index (χ1v) is 12.1. The smallest absolute Gasteiger partial charge is 0.387 e. The number of benzene rings is 2. The number of alkyl halides is 2. The topological polar surface area (TPSA) is 73.2 Å². The van der Waals surface area contributed by atoms with Gasteiger partial charge in [0.25, 0.3) is 0 Å². The molecule has 0 radical (unpaired) electrons. The monoisotopic (exact) mass is 473 g/mol. The van der Waals surface area contributed by atoms with E-state index in [2.05, 4.69) is 14.6 Å². The zero-order valence-electron chi connectivity index (χ0n) is 18.4. The number of sulfonamides is 1. The van der Waals surface area contributed by atoms with E-state index in [0.29, 0.717) is 24.8 Å². The first-order chi connectivity index (χ1) is 15.7. The molecule has 0 aliphatic heterocycles. The number of rotatable bonds is 8. The predicted molar refractivity (Wildman–Crippen MR) is 123 cm³/mol. The number of allylic oxidation sites excluding steroid dienone is 1. The van der Waals surface area contributed by atoms with Crippen LogP contribution in [0.3, 0.4) is 0 Å². The highest BCUT2D eigenvalue weighted by Crippen LogP contribution is 2.30. The molecule has 0 saturated heterocycles. The Balaban J connectivity index is 1.37. The number of hydrogen-bond donors (Lipinski definition) is 1. The molecule has 1 heterocycles. The minimum Gasteiger partial charge on any atom is -0.435 e. The molecule has 4 rings (SSSR count). The van der Waals surface area contributed by atoms with Crippen molar-refractivity contribution in [2.45, 2.75) is 39.7 Å². The van der Waals surface area contributed by atoms with Crippen molar-refractivity contribution in [1.29, 1.82) is 0 Å². The Kier molecular flexibility index (Phi) is 6.62. The summed E-state index contributed by atoms with van der Waals surface area (Å²) in [4.78, 5) is 0.289. The molecule has 9 heteroatoms. The van der Waals surface area contributed by atoms with Crippen molar-refractivity contribution in [3.05, 3.63) is 81.5 Å². The third kappa shape index (κ3) is 5.48. The lowest BCUT2D eigenvalue weighted by Crippen LogP contribution is -2.28. The number of nitrogens with zero attached hydrogens (tertiary/aromatic N) is 2. The van der Waals surface area contributed by atoms with Crippen LogP contribution in [-0.2, 0) is 22.9 Å². The van der Waals surface area contributed by atoms with Gasteiger partial charge in [-0.05, 0) is 86.2 Å². The highest BCUT2D eigenvalue weighted by Gasteiger charge is 2.22. The van der Waals surface area contributed by atoms with E-state index in [-0.39, 0.29) is 17.2 Å². The maximum absolute atomic E-state index is 12.8. The number of nitrogens with one attached hydrogen (secondary N) is 1. The minimum absolute atomic E-state index is 0.0745. The molecule has 0 fully saturated rings. The first-order valence-electron chi connectivity index (χ1n) is 10.6. The van der Waals surface area contributed by atoms with E-state index in [1.54, 1.807) is 12.1 Å². The SMILES string of the molecule is Cc1cc(C)n(-c2ccc(CCNS(=O)(=O)C3=Cc4ccc(OC(F)F)cc4CC3)cc2)n1. The predicted octanol–water partition coefficient (Wildman–Crippen LogP) is 4.54. The van der Waals surface area contributed by atoms with Crippen LogP contribution >= 0.6 is 0 Å². The van der Waals surface area contributed by atoms with Gasteiger partial charge in [0.1, 0.15) is 5.75 Å². The lowest BCUT2D eigenvalue weighted by Gasteiger charge is -2.18. The quantitative estimate of drug-likeness (QED) is 0.521. The van der Waals surface area contributed by atoms with Crippen LogP contribution in [0.5, 0.6) is 5.75 Å². The number of halogens is 2.